The summed E-state index contributed by atoms with van der Waals surface area (Å²) in [6, 6.07) is 17.9. The van der Waals surface area contributed by atoms with Gasteiger partial charge in [0, 0.05) is 18.2 Å². The number of ketones is 1. The van der Waals surface area contributed by atoms with Crippen LogP contribution in [0.15, 0.2) is 76.0 Å². The monoisotopic (exact) mass is 699 g/mol. The number of hydrogen-bond acceptors (Lipinski definition) is 10. The van der Waals surface area contributed by atoms with E-state index in [4.69, 9.17) is 19.2 Å². The number of rotatable bonds is 7. The molecular weight excluding hydrogens is 666 g/mol. The van der Waals surface area contributed by atoms with Crippen LogP contribution in [0.2, 0.25) is 0 Å². The number of ether oxygens (including phenoxy) is 3. The van der Waals surface area contributed by atoms with Crippen molar-refractivity contribution in [1.82, 2.24) is 24.3 Å². The quantitative estimate of drug-likeness (QED) is 0.203. The van der Waals surface area contributed by atoms with E-state index in [9.17, 15) is 24.6 Å². The van der Waals surface area contributed by atoms with Crippen molar-refractivity contribution in [2.24, 2.45) is 0 Å². The maximum absolute atomic E-state index is 14.5. The van der Waals surface area contributed by atoms with Gasteiger partial charge in [-0.3, -0.25) is 19.1 Å². The highest BCUT2D eigenvalue weighted by Gasteiger charge is 2.55. The molecule has 0 bridgehead atoms. The Kier molecular flexibility index (Phi) is 7.34. The molecule has 0 saturated heterocycles. The van der Waals surface area contributed by atoms with Gasteiger partial charge in [0.05, 0.1) is 59.1 Å². The molecule has 0 saturated carbocycles. The number of aromatic amines is 1. The van der Waals surface area contributed by atoms with Crippen molar-refractivity contribution >= 4 is 22.9 Å². The van der Waals surface area contributed by atoms with E-state index in [0.29, 0.717) is 34.9 Å². The zero-order chi connectivity index (χ0) is 36.6. The van der Waals surface area contributed by atoms with Crippen LogP contribution in [0.4, 0.5) is 0 Å². The molecule has 4 heterocycles. The molecule has 1 aliphatic heterocycles. The first-order chi connectivity index (χ1) is 25.0. The minimum atomic E-state index is -1.47. The number of nitrogens with one attached hydrogen (secondary N) is 1. The number of aryl methyl sites for hydroxylation is 3. The van der Waals surface area contributed by atoms with Crippen LogP contribution in [0.1, 0.15) is 45.4 Å². The van der Waals surface area contributed by atoms with E-state index in [1.165, 1.54) is 30.7 Å². The van der Waals surface area contributed by atoms with E-state index in [-0.39, 0.29) is 68.8 Å². The van der Waals surface area contributed by atoms with E-state index in [0.717, 1.165) is 11.3 Å². The summed E-state index contributed by atoms with van der Waals surface area (Å²) in [5, 5.41) is 28.0. The molecule has 2 aliphatic rings. The van der Waals surface area contributed by atoms with Gasteiger partial charge in [0.2, 0.25) is 0 Å². The third-order valence-corrected chi connectivity index (χ3v) is 10.1. The summed E-state index contributed by atoms with van der Waals surface area (Å²) >= 11 is 0. The predicted octanol–water partition coefficient (Wildman–Crippen LogP) is 5.11. The van der Waals surface area contributed by atoms with Crippen molar-refractivity contribution in [3.8, 4) is 45.7 Å². The molecule has 1 aliphatic carbocycles. The zero-order valence-electron chi connectivity index (χ0n) is 28.9. The maximum atomic E-state index is 14.5. The van der Waals surface area contributed by atoms with Gasteiger partial charge in [-0.05, 0) is 69.2 Å². The number of allylic oxidation sites excluding steroid dienone is 1. The number of methoxy groups -OCH3 is 2. The van der Waals surface area contributed by atoms with Crippen molar-refractivity contribution in [3.05, 3.63) is 121 Å². The number of benzene rings is 3. The van der Waals surface area contributed by atoms with Crippen molar-refractivity contribution < 1.29 is 29.2 Å². The Labute approximate surface area is 296 Å². The summed E-state index contributed by atoms with van der Waals surface area (Å²) in [5.74, 6) is 0.425. The first-order valence-corrected chi connectivity index (χ1v) is 16.5. The molecular formula is C39H33N5O8. The first-order valence-electron chi connectivity index (χ1n) is 16.5. The third-order valence-electron chi connectivity index (χ3n) is 10.1. The third kappa shape index (κ3) is 4.58. The largest absolute Gasteiger partial charge is 0.507 e. The highest BCUT2D eigenvalue weighted by Crippen LogP contribution is 2.60. The van der Waals surface area contributed by atoms with Gasteiger partial charge in [-0.2, -0.15) is 5.10 Å². The SMILES string of the molecule is COc1ccc(CCn2c(=O)[nH]c(=O)c3ccc(-c4c(O)c(C)c(O)c5c4OC4=Cc6c(c(C)nn6-c6ccccc6)C(=O)C45C)nc32)cc1OC. The van der Waals surface area contributed by atoms with E-state index in [1.54, 1.807) is 37.8 Å². The minimum absolute atomic E-state index is 0.0423. The molecule has 0 amide bonds. The second-order valence-electron chi connectivity index (χ2n) is 13.0. The van der Waals surface area contributed by atoms with Crippen molar-refractivity contribution in [1.29, 1.82) is 0 Å². The molecule has 6 aromatic rings. The fraction of sp³-hybridized carbons (Fsp3) is 0.205. The molecule has 262 valence electrons. The van der Waals surface area contributed by atoms with Crippen LogP contribution < -0.4 is 25.5 Å². The molecule has 0 radical (unpaired) electrons. The van der Waals surface area contributed by atoms with Crippen molar-refractivity contribution in [2.75, 3.05) is 14.2 Å². The number of carbonyl (C=O) groups is 1. The number of pyridine rings is 1. The highest BCUT2D eigenvalue weighted by molar-refractivity contribution is 6.14. The number of aromatic hydroxyl groups is 2. The lowest BCUT2D eigenvalue weighted by atomic mass is 9.71. The number of fused-ring (bicyclic) bond motifs is 5. The van der Waals surface area contributed by atoms with Crippen LogP contribution in [-0.2, 0) is 18.4 Å². The molecule has 8 rings (SSSR count). The Bertz CT molecular complexity index is 2650. The molecule has 52 heavy (non-hydrogen) atoms. The minimum Gasteiger partial charge on any atom is -0.507 e. The second kappa shape index (κ2) is 11.7. The normalized spacial score (nSPS) is 15.9. The van der Waals surface area contributed by atoms with Gasteiger partial charge >= 0.3 is 5.69 Å². The Morgan fingerprint density at radius 3 is 2.40 bits per heavy atom. The van der Waals surface area contributed by atoms with Crippen molar-refractivity contribution in [3.63, 3.8) is 0 Å². The summed E-state index contributed by atoms with van der Waals surface area (Å²) in [7, 11) is 3.08. The number of H-pyrrole nitrogens is 1. The molecule has 1 unspecified atom stereocenters. The number of nitrogens with zero attached hydrogens (tertiary/aromatic N) is 4. The van der Waals surface area contributed by atoms with Gasteiger partial charge in [-0.1, -0.05) is 24.3 Å². The topological polar surface area (TPSA) is 171 Å². The average Bonchev–Trinajstić information content (AvgIpc) is 3.64. The molecule has 3 N–H and O–H groups in total. The van der Waals surface area contributed by atoms with Gasteiger partial charge in [0.1, 0.15) is 34.1 Å². The lowest BCUT2D eigenvalue weighted by Crippen LogP contribution is -2.36. The number of hydrogen-bond donors (Lipinski definition) is 3. The van der Waals surface area contributed by atoms with Crippen LogP contribution >= 0.6 is 0 Å². The molecule has 13 heteroatoms. The molecule has 0 fully saturated rings. The van der Waals surface area contributed by atoms with E-state index in [2.05, 4.69) is 10.1 Å². The zero-order valence-corrected chi connectivity index (χ0v) is 28.9. The number of carbonyl (C=O) groups excluding carboxylic acids is 1. The van der Waals surface area contributed by atoms with Crippen LogP contribution in [0.5, 0.6) is 28.7 Å². The van der Waals surface area contributed by atoms with Gasteiger partial charge in [-0.25, -0.2) is 14.5 Å². The van der Waals surface area contributed by atoms with E-state index >= 15 is 0 Å². The summed E-state index contributed by atoms with van der Waals surface area (Å²) < 4.78 is 20.3. The number of Topliss-reactive ketones (excluding diaryl/α,β-unsaturated/α-hetero) is 1. The molecule has 13 nitrogen and oxygen atoms in total. The summed E-state index contributed by atoms with van der Waals surface area (Å²) in [6.45, 7) is 5.10. The molecule has 3 aromatic carbocycles. The Morgan fingerprint density at radius 1 is 0.923 bits per heavy atom. The maximum Gasteiger partial charge on any atom is 0.330 e. The Hall–Kier alpha value is -6.63. The molecule has 1 atom stereocenters. The van der Waals surface area contributed by atoms with Crippen LogP contribution in [0.3, 0.4) is 0 Å². The van der Waals surface area contributed by atoms with Crippen molar-refractivity contribution in [2.45, 2.75) is 39.2 Å². The van der Waals surface area contributed by atoms with Gasteiger partial charge < -0.3 is 24.4 Å². The Morgan fingerprint density at radius 2 is 1.67 bits per heavy atom. The number of phenolic OH excluding ortho intramolecular Hbond substituents is 2. The summed E-state index contributed by atoms with van der Waals surface area (Å²) in [4.78, 5) is 47.9. The number of aromatic nitrogens is 5. The standard InChI is InChI=1S/C39H33N5O8/c1-19-32(45)30(24-13-12-23-36(40-24)43(38(49)41-37(23)48)16-15-21-11-14-26(50-4)27(17-21)51-5)34-31(33(19)46)39(3)28(52-34)18-25-29(35(39)47)20(2)42-44(25)22-9-7-6-8-10-22/h6-14,17-18,45-46H,15-16H2,1-5H3,(H,41,48,49). The fourth-order valence-electron chi connectivity index (χ4n) is 7.25. The molecule has 0 spiro atoms. The number of phenols is 2. The molecule has 3 aromatic heterocycles. The second-order valence-corrected chi connectivity index (χ2v) is 13.0. The fourth-order valence-corrected chi connectivity index (χ4v) is 7.25. The van der Waals surface area contributed by atoms with Crippen LogP contribution in [0, 0.1) is 13.8 Å². The highest BCUT2D eigenvalue weighted by atomic mass is 16.5. The van der Waals surface area contributed by atoms with E-state index < -0.39 is 16.7 Å². The summed E-state index contributed by atoms with van der Waals surface area (Å²) in [5.41, 5.74) is 0.883. The summed E-state index contributed by atoms with van der Waals surface area (Å²) in [6.07, 6.45) is 2.11. The first kappa shape index (κ1) is 32.6. The van der Waals surface area contributed by atoms with Crippen LogP contribution in [-0.4, -0.2) is 54.5 Å². The van der Waals surface area contributed by atoms with Gasteiger partial charge in [0.15, 0.2) is 17.3 Å². The number of para-hydroxylation sites is 1. The average molecular weight is 700 g/mol. The Balaban J connectivity index is 1.28. The smallest absolute Gasteiger partial charge is 0.330 e. The van der Waals surface area contributed by atoms with Gasteiger partial charge in [-0.15, -0.1) is 0 Å². The van der Waals surface area contributed by atoms with Crippen LogP contribution in [0.25, 0.3) is 34.1 Å². The predicted molar refractivity (Wildman–Crippen MR) is 192 cm³/mol. The lowest BCUT2D eigenvalue weighted by Gasteiger charge is -2.27. The lowest BCUT2D eigenvalue weighted by molar-refractivity contribution is 0.0905. The van der Waals surface area contributed by atoms with E-state index in [1.807, 2.05) is 42.5 Å². The van der Waals surface area contributed by atoms with Gasteiger partial charge in [0.25, 0.3) is 5.56 Å².